The van der Waals surface area contributed by atoms with Crippen LogP contribution in [0, 0.1) is 0 Å². The first-order valence-electron chi connectivity index (χ1n) is 14.6. The van der Waals surface area contributed by atoms with Crippen molar-refractivity contribution in [3.63, 3.8) is 0 Å². The van der Waals surface area contributed by atoms with Gasteiger partial charge in [-0.25, -0.2) is 9.59 Å². The molecule has 0 aliphatic heterocycles. The van der Waals surface area contributed by atoms with Crippen molar-refractivity contribution < 1.29 is 27.7 Å². The lowest BCUT2D eigenvalue weighted by molar-refractivity contribution is 0.0525. The summed E-state index contributed by atoms with van der Waals surface area (Å²) in [5, 5.41) is 18.8. The van der Waals surface area contributed by atoms with Crippen molar-refractivity contribution in [3.05, 3.63) is 59.7 Å². The number of hydrogen-bond acceptors (Lipinski definition) is 11. The molecule has 238 valence electrons. The number of nitrogens with zero attached hydrogens (tertiary/aromatic N) is 3. The van der Waals surface area contributed by atoms with Crippen LogP contribution in [0.5, 0.6) is 0 Å². The summed E-state index contributed by atoms with van der Waals surface area (Å²) in [6.45, 7) is 18.0. The number of aromatic nitrogens is 3. The molecule has 0 radical (unpaired) electrons. The number of carboxylic acids is 1. The zero-order valence-electron chi connectivity index (χ0n) is 26.8. The smallest absolute Gasteiger partial charge is 0.338 e. The van der Waals surface area contributed by atoms with Crippen LogP contribution in [0.4, 0.5) is 29.2 Å². The molecule has 0 fully saturated rings. The molecule has 0 aliphatic rings. The van der Waals surface area contributed by atoms with Crippen molar-refractivity contribution >= 4 is 66.4 Å². The van der Waals surface area contributed by atoms with E-state index in [-0.39, 0.29) is 17.5 Å². The highest BCUT2D eigenvalue weighted by Crippen LogP contribution is 2.26. The molecular weight excluding hydrogens is 613 g/mol. The van der Waals surface area contributed by atoms with E-state index in [1.54, 1.807) is 43.3 Å². The van der Waals surface area contributed by atoms with E-state index in [9.17, 15) is 14.7 Å². The van der Waals surface area contributed by atoms with Crippen molar-refractivity contribution in [3.8, 4) is 0 Å². The summed E-state index contributed by atoms with van der Waals surface area (Å²) < 4.78 is 18.3. The Labute approximate surface area is 262 Å². The normalized spacial score (nSPS) is 12.0. The molecule has 3 rings (SSSR count). The van der Waals surface area contributed by atoms with Gasteiger partial charge in [-0.05, 0) is 114 Å². The van der Waals surface area contributed by atoms with Crippen LogP contribution in [0.2, 0.25) is 51.9 Å². The first kappa shape index (κ1) is 34.8. The standard InChI is InChI=1S/C29H44N6O6Si3/c1-9-39-26(38)22-13-17-24(18-14-22)32-29-34-27(33-28(35-29)31-23-15-11-21(12-16-23)25(36)37)30-19-10-20-44(8,40-42(2,3)4)41-43(5,6)7/h11-18H,9-10,19-20H2,1-8H3,(H,36,37)(H3,30,31,32,33,34,35). The number of rotatable bonds is 16. The van der Waals surface area contributed by atoms with E-state index in [0.717, 1.165) is 12.5 Å². The van der Waals surface area contributed by atoms with Gasteiger partial charge in [0.05, 0.1) is 17.7 Å². The van der Waals surface area contributed by atoms with Gasteiger partial charge in [0.2, 0.25) is 17.8 Å². The van der Waals surface area contributed by atoms with Crippen LogP contribution in [-0.4, -0.2) is 70.3 Å². The molecule has 0 saturated carbocycles. The minimum absolute atomic E-state index is 0.175. The summed E-state index contributed by atoms with van der Waals surface area (Å²) in [7, 11) is -5.98. The quantitative estimate of drug-likeness (QED) is 0.0726. The molecule has 1 aromatic heterocycles. The third kappa shape index (κ3) is 11.8. The fourth-order valence-corrected chi connectivity index (χ4v) is 17.0. The van der Waals surface area contributed by atoms with Crippen LogP contribution in [-0.2, 0) is 13.0 Å². The Morgan fingerprint density at radius 3 is 1.61 bits per heavy atom. The molecule has 0 amide bonds. The number of benzene rings is 2. The number of carbonyl (C=O) groups excluding carboxylic acids is 1. The van der Waals surface area contributed by atoms with Gasteiger partial charge < -0.3 is 34.0 Å². The second-order valence-corrected chi connectivity index (χ2v) is 25.2. The predicted molar refractivity (Wildman–Crippen MR) is 181 cm³/mol. The second kappa shape index (κ2) is 14.9. The Bertz CT molecular complexity index is 1400. The lowest BCUT2D eigenvalue weighted by atomic mass is 10.2. The maximum absolute atomic E-state index is 12.0. The molecule has 0 unspecified atom stereocenters. The van der Waals surface area contributed by atoms with E-state index in [0.29, 0.717) is 36.0 Å². The van der Waals surface area contributed by atoms with Gasteiger partial charge in [0.25, 0.3) is 0 Å². The zero-order chi connectivity index (χ0) is 32.5. The highest BCUT2D eigenvalue weighted by Gasteiger charge is 2.39. The van der Waals surface area contributed by atoms with Crippen molar-refractivity contribution in [2.75, 3.05) is 29.1 Å². The minimum Gasteiger partial charge on any atom is -0.478 e. The van der Waals surface area contributed by atoms with Crippen molar-refractivity contribution in [1.29, 1.82) is 0 Å². The molecule has 15 heteroatoms. The largest absolute Gasteiger partial charge is 0.478 e. The number of nitrogens with one attached hydrogen (secondary N) is 3. The number of aromatic carboxylic acids is 1. The van der Waals surface area contributed by atoms with Crippen LogP contribution in [0.25, 0.3) is 0 Å². The summed E-state index contributed by atoms with van der Waals surface area (Å²) in [5.74, 6) is -0.501. The van der Waals surface area contributed by atoms with Crippen LogP contribution >= 0.6 is 0 Å². The van der Waals surface area contributed by atoms with Gasteiger partial charge in [-0.3, -0.25) is 0 Å². The Kier molecular flexibility index (Phi) is 11.8. The van der Waals surface area contributed by atoms with Crippen molar-refractivity contribution in [2.45, 2.75) is 65.2 Å². The molecule has 0 aliphatic carbocycles. The van der Waals surface area contributed by atoms with E-state index in [1.807, 2.05) is 0 Å². The van der Waals surface area contributed by atoms with Gasteiger partial charge in [-0.1, -0.05) is 0 Å². The molecular formula is C29H44N6O6Si3. The van der Waals surface area contributed by atoms with Crippen LogP contribution < -0.4 is 16.0 Å². The first-order chi connectivity index (χ1) is 20.5. The van der Waals surface area contributed by atoms with Gasteiger partial charge in [0.15, 0.2) is 16.6 Å². The SMILES string of the molecule is CCOC(=O)c1ccc(Nc2nc(NCCC[Si](C)(O[Si](C)(C)C)O[Si](C)(C)C)nc(Nc3ccc(C(=O)O)cc3)n2)cc1. The van der Waals surface area contributed by atoms with Crippen LogP contribution in [0.1, 0.15) is 34.1 Å². The van der Waals surface area contributed by atoms with E-state index >= 15 is 0 Å². The number of hydrogen-bond donors (Lipinski definition) is 4. The Morgan fingerprint density at radius 1 is 0.727 bits per heavy atom. The van der Waals surface area contributed by atoms with Gasteiger partial charge in [0, 0.05) is 17.9 Å². The molecule has 12 nitrogen and oxygen atoms in total. The average Bonchev–Trinajstić information content (AvgIpc) is 2.90. The summed E-state index contributed by atoms with van der Waals surface area (Å²) in [4.78, 5) is 36.9. The van der Waals surface area contributed by atoms with Crippen LogP contribution in [0.3, 0.4) is 0 Å². The Morgan fingerprint density at radius 2 is 1.18 bits per heavy atom. The number of ether oxygens (including phenoxy) is 1. The fraction of sp³-hybridized carbons (Fsp3) is 0.414. The third-order valence-electron chi connectivity index (χ3n) is 5.81. The lowest BCUT2D eigenvalue weighted by Crippen LogP contribution is -2.52. The molecule has 0 spiro atoms. The molecule has 0 saturated heterocycles. The van der Waals surface area contributed by atoms with E-state index in [2.05, 4.69) is 76.7 Å². The third-order valence-corrected chi connectivity index (χ3v) is 15.4. The number of carbonyl (C=O) groups is 2. The van der Waals surface area contributed by atoms with E-state index in [4.69, 9.17) is 13.0 Å². The van der Waals surface area contributed by atoms with Gasteiger partial charge in [0.1, 0.15) is 0 Å². The maximum atomic E-state index is 12.0. The molecule has 3 aromatic rings. The number of anilines is 5. The summed E-state index contributed by atoms with van der Waals surface area (Å²) in [5.41, 5.74) is 1.90. The highest BCUT2D eigenvalue weighted by atomic mass is 28.5. The summed E-state index contributed by atoms with van der Waals surface area (Å²) >= 11 is 0. The van der Waals surface area contributed by atoms with E-state index in [1.165, 1.54) is 12.1 Å². The average molecular weight is 657 g/mol. The number of esters is 1. The summed E-state index contributed by atoms with van der Waals surface area (Å²) in [6, 6.07) is 13.9. The maximum Gasteiger partial charge on any atom is 0.338 e. The zero-order valence-corrected chi connectivity index (χ0v) is 29.8. The van der Waals surface area contributed by atoms with E-state index < -0.39 is 37.1 Å². The van der Waals surface area contributed by atoms with Gasteiger partial charge in [-0.2, -0.15) is 15.0 Å². The number of carboxylic acid groups (broad SMARTS) is 1. The molecule has 44 heavy (non-hydrogen) atoms. The lowest BCUT2D eigenvalue weighted by Gasteiger charge is -2.38. The van der Waals surface area contributed by atoms with Crippen molar-refractivity contribution in [1.82, 2.24) is 15.0 Å². The Hall–Kier alpha value is -3.64. The van der Waals surface area contributed by atoms with Crippen LogP contribution in [0.15, 0.2) is 48.5 Å². The van der Waals surface area contributed by atoms with Gasteiger partial charge >= 0.3 is 20.5 Å². The molecule has 4 N–H and O–H groups in total. The summed E-state index contributed by atoms with van der Waals surface area (Å²) in [6.07, 6.45) is 0.806. The predicted octanol–water partition coefficient (Wildman–Crippen LogP) is 6.81. The fourth-order valence-electron chi connectivity index (χ4n) is 4.45. The molecule has 0 atom stereocenters. The highest BCUT2D eigenvalue weighted by molar-refractivity contribution is 6.87. The molecule has 1 heterocycles. The molecule has 0 bridgehead atoms. The second-order valence-electron chi connectivity index (χ2n) is 12.3. The van der Waals surface area contributed by atoms with Crippen molar-refractivity contribution in [2.24, 2.45) is 0 Å². The topological polar surface area (TPSA) is 157 Å². The monoisotopic (exact) mass is 656 g/mol. The Balaban J connectivity index is 1.78. The molecule has 2 aromatic carbocycles. The van der Waals surface area contributed by atoms with Gasteiger partial charge in [-0.15, -0.1) is 0 Å². The first-order valence-corrected chi connectivity index (χ1v) is 23.9. The minimum atomic E-state index is -2.38.